The molecule has 0 spiro atoms. The van der Waals surface area contributed by atoms with E-state index in [-0.39, 0.29) is 11.9 Å². The van der Waals surface area contributed by atoms with E-state index in [1.807, 2.05) is 19.9 Å². The quantitative estimate of drug-likeness (QED) is 0.905. The fourth-order valence-corrected chi connectivity index (χ4v) is 2.17. The molecule has 106 valence electrons. The highest BCUT2D eigenvalue weighted by Crippen LogP contribution is 2.41. The Kier molecular flexibility index (Phi) is 3.30. The van der Waals surface area contributed by atoms with Crippen molar-refractivity contribution < 1.29 is 9.21 Å². The van der Waals surface area contributed by atoms with Gasteiger partial charge in [0.2, 0.25) is 0 Å². The summed E-state index contributed by atoms with van der Waals surface area (Å²) >= 11 is 0. The first-order valence-electron chi connectivity index (χ1n) is 6.88. The first kappa shape index (κ1) is 12.9. The fraction of sp³-hybridized carbons (Fsp3) is 0.500. The molecule has 1 aliphatic carbocycles. The monoisotopic (exact) mass is 274 g/mol. The van der Waals surface area contributed by atoms with Gasteiger partial charge in [-0.2, -0.15) is 5.10 Å². The topological polar surface area (TPSA) is 73.0 Å². The summed E-state index contributed by atoms with van der Waals surface area (Å²) in [4.78, 5) is 16.1. The molecule has 0 saturated heterocycles. The number of aryl methyl sites for hydroxylation is 1. The molecule has 3 rings (SSSR count). The van der Waals surface area contributed by atoms with E-state index in [1.54, 1.807) is 11.0 Å². The summed E-state index contributed by atoms with van der Waals surface area (Å²) in [5, 5.41) is 6.97. The number of nitrogens with zero attached hydrogens (tertiary/aromatic N) is 3. The Bertz CT molecular complexity index is 599. The molecule has 1 N–H and O–H groups in total. The average molecular weight is 274 g/mol. The maximum absolute atomic E-state index is 12.2. The van der Waals surface area contributed by atoms with Crippen LogP contribution in [0.2, 0.25) is 0 Å². The molecule has 0 aliphatic heterocycles. The van der Waals surface area contributed by atoms with E-state index in [4.69, 9.17) is 4.42 Å². The van der Waals surface area contributed by atoms with Crippen LogP contribution in [-0.2, 0) is 0 Å². The summed E-state index contributed by atoms with van der Waals surface area (Å²) < 4.78 is 7.37. The SMILES string of the molecule is Cc1oc(C2CC2)cc1C(=O)NCC(C)n1cncn1. The van der Waals surface area contributed by atoms with E-state index in [0.29, 0.717) is 23.8 Å². The van der Waals surface area contributed by atoms with Crippen LogP contribution >= 0.6 is 0 Å². The first-order chi connectivity index (χ1) is 9.65. The highest BCUT2D eigenvalue weighted by molar-refractivity contribution is 5.95. The molecular weight excluding hydrogens is 256 g/mol. The molecule has 0 radical (unpaired) electrons. The van der Waals surface area contributed by atoms with Gasteiger partial charge in [-0.15, -0.1) is 0 Å². The summed E-state index contributed by atoms with van der Waals surface area (Å²) in [7, 11) is 0. The summed E-state index contributed by atoms with van der Waals surface area (Å²) in [5.74, 6) is 2.06. The number of carbonyl (C=O) groups is 1. The molecule has 1 atom stereocenters. The van der Waals surface area contributed by atoms with Crippen molar-refractivity contribution in [3.05, 3.63) is 35.8 Å². The van der Waals surface area contributed by atoms with Crippen molar-refractivity contribution in [3.63, 3.8) is 0 Å². The van der Waals surface area contributed by atoms with Crippen LogP contribution in [0.5, 0.6) is 0 Å². The lowest BCUT2D eigenvalue weighted by atomic mass is 10.2. The highest BCUT2D eigenvalue weighted by atomic mass is 16.3. The number of hydrogen-bond acceptors (Lipinski definition) is 4. The van der Waals surface area contributed by atoms with Gasteiger partial charge in [0, 0.05) is 12.5 Å². The van der Waals surface area contributed by atoms with Crippen molar-refractivity contribution in [2.75, 3.05) is 6.54 Å². The molecule has 2 heterocycles. The highest BCUT2D eigenvalue weighted by Gasteiger charge is 2.29. The lowest BCUT2D eigenvalue weighted by Gasteiger charge is -2.12. The third kappa shape index (κ3) is 2.59. The minimum Gasteiger partial charge on any atom is -0.465 e. The molecule has 2 aromatic heterocycles. The van der Waals surface area contributed by atoms with Gasteiger partial charge >= 0.3 is 0 Å². The number of amides is 1. The number of hydrogen-bond donors (Lipinski definition) is 1. The van der Waals surface area contributed by atoms with Gasteiger partial charge in [-0.3, -0.25) is 4.79 Å². The molecule has 0 bridgehead atoms. The minimum atomic E-state index is -0.0925. The van der Waals surface area contributed by atoms with Crippen molar-refractivity contribution in [1.29, 1.82) is 0 Å². The predicted molar refractivity (Wildman–Crippen MR) is 72.5 cm³/mol. The van der Waals surface area contributed by atoms with Crippen molar-refractivity contribution in [2.45, 2.75) is 38.6 Å². The first-order valence-corrected chi connectivity index (χ1v) is 6.88. The Labute approximate surface area is 117 Å². The molecule has 0 aromatic carbocycles. The van der Waals surface area contributed by atoms with E-state index in [9.17, 15) is 4.79 Å². The Morgan fingerprint density at radius 2 is 2.40 bits per heavy atom. The van der Waals surface area contributed by atoms with Crippen LogP contribution in [-0.4, -0.2) is 27.2 Å². The molecule has 1 saturated carbocycles. The van der Waals surface area contributed by atoms with Crippen molar-refractivity contribution in [2.24, 2.45) is 0 Å². The lowest BCUT2D eigenvalue weighted by Crippen LogP contribution is -2.29. The second-order valence-electron chi connectivity index (χ2n) is 5.33. The van der Waals surface area contributed by atoms with Gasteiger partial charge in [-0.25, -0.2) is 9.67 Å². The Morgan fingerprint density at radius 1 is 1.60 bits per heavy atom. The van der Waals surface area contributed by atoms with E-state index >= 15 is 0 Å². The summed E-state index contributed by atoms with van der Waals surface area (Å²) in [6.45, 7) is 4.32. The van der Waals surface area contributed by atoms with Crippen LogP contribution in [0, 0.1) is 6.92 Å². The smallest absolute Gasteiger partial charge is 0.254 e. The Morgan fingerprint density at radius 3 is 3.05 bits per heavy atom. The lowest BCUT2D eigenvalue weighted by molar-refractivity contribution is 0.0946. The van der Waals surface area contributed by atoms with Gasteiger partial charge in [0.25, 0.3) is 5.91 Å². The largest absolute Gasteiger partial charge is 0.465 e. The summed E-state index contributed by atoms with van der Waals surface area (Å²) in [5.41, 5.74) is 0.637. The second kappa shape index (κ2) is 5.11. The van der Waals surface area contributed by atoms with Crippen molar-refractivity contribution in [3.8, 4) is 0 Å². The minimum absolute atomic E-state index is 0.0663. The molecule has 6 heteroatoms. The van der Waals surface area contributed by atoms with Crippen LogP contribution in [0.1, 0.15) is 53.6 Å². The molecule has 1 aliphatic rings. The van der Waals surface area contributed by atoms with E-state index in [1.165, 1.54) is 6.33 Å². The summed E-state index contributed by atoms with van der Waals surface area (Å²) in [6.07, 6.45) is 5.46. The molecule has 6 nitrogen and oxygen atoms in total. The van der Waals surface area contributed by atoms with Gasteiger partial charge in [-0.1, -0.05) is 0 Å². The van der Waals surface area contributed by atoms with Gasteiger partial charge in [-0.05, 0) is 32.8 Å². The molecule has 1 amide bonds. The molecule has 1 fully saturated rings. The zero-order chi connectivity index (χ0) is 14.1. The third-order valence-electron chi connectivity index (χ3n) is 3.61. The van der Waals surface area contributed by atoms with Crippen LogP contribution < -0.4 is 5.32 Å². The number of aromatic nitrogens is 3. The van der Waals surface area contributed by atoms with Crippen LogP contribution in [0.25, 0.3) is 0 Å². The zero-order valence-corrected chi connectivity index (χ0v) is 11.7. The van der Waals surface area contributed by atoms with Crippen LogP contribution in [0.4, 0.5) is 0 Å². The van der Waals surface area contributed by atoms with E-state index in [0.717, 1.165) is 18.6 Å². The second-order valence-corrected chi connectivity index (χ2v) is 5.33. The Balaban J connectivity index is 1.61. The van der Waals surface area contributed by atoms with E-state index in [2.05, 4.69) is 15.4 Å². The molecule has 1 unspecified atom stereocenters. The predicted octanol–water partition coefficient (Wildman–Crippen LogP) is 2.05. The maximum atomic E-state index is 12.2. The molecule has 2 aromatic rings. The van der Waals surface area contributed by atoms with Crippen molar-refractivity contribution in [1.82, 2.24) is 20.1 Å². The van der Waals surface area contributed by atoms with Crippen LogP contribution in [0.15, 0.2) is 23.1 Å². The van der Waals surface area contributed by atoms with Crippen LogP contribution in [0.3, 0.4) is 0 Å². The van der Waals surface area contributed by atoms with E-state index < -0.39 is 0 Å². The average Bonchev–Trinajstić information content (AvgIpc) is 2.99. The van der Waals surface area contributed by atoms with Gasteiger partial charge in [0.1, 0.15) is 24.2 Å². The number of nitrogens with one attached hydrogen (secondary N) is 1. The fourth-order valence-electron chi connectivity index (χ4n) is 2.17. The zero-order valence-electron chi connectivity index (χ0n) is 11.7. The molecule has 20 heavy (non-hydrogen) atoms. The number of furan rings is 1. The maximum Gasteiger partial charge on any atom is 0.254 e. The normalized spacial score (nSPS) is 16.1. The number of rotatable bonds is 5. The number of carbonyl (C=O) groups excluding carboxylic acids is 1. The standard InChI is InChI=1S/C14H18N4O2/c1-9(18-8-15-7-17-18)6-16-14(19)12-5-13(11-3-4-11)20-10(12)2/h5,7-9,11H,3-4,6H2,1-2H3,(H,16,19). The summed E-state index contributed by atoms with van der Waals surface area (Å²) in [6, 6.07) is 1.94. The van der Waals surface area contributed by atoms with Gasteiger partial charge in [0.15, 0.2) is 0 Å². The third-order valence-corrected chi connectivity index (χ3v) is 3.61. The van der Waals surface area contributed by atoms with Crippen molar-refractivity contribution >= 4 is 5.91 Å². The molecular formula is C14H18N4O2. The Hall–Kier alpha value is -2.11. The van der Waals surface area contributed by atoms with Gasteiger partial charge in [0.05, 0.1) is 11.6 Å². The van der Waals surface area contributed by atoms with Gasteiger partial charge < -0.3 is 9.73 Å².